The fourth-order valence-corrected chi connectivity index (χ4v) is 2.78. The van der Waals surface area contributed by atoms with Crippen LogP contribution in [0, 0.1) is 0 Å². The normalized spacial score (nSPS) is 19.7. The van der Waals surface area contributed by atoms with Crippen LogP contribution in [0.3, 0.4) is 0 Å². The molecule has 114 valence electrons. The van der Waals surface area contributed by atoms with Crippen LogP contribution in [0.25, 0.3) is 6.08 Å². The molecule has 1 fully saturated rings. The van der Waals surface area contributed by atoms with E-state index in [2.05, 4.69) is 24.1 Å². The Balaban J connectivity index is 1.79. The Labute approximate surface area is 130 Å². The minimum atomic E-state index is 0.0263. The Hall–Kier alpha value is -2.33. The summed E-state index contributed by atoms with van der Waals surface area (Å²) in [6.07, 6.45) is 4.93. The van der Waals surface area contributed by atoms with Gasteiger partial charge < -0.3 is 14.2 Å². The van der Waals surface area contributed by atoms with Crippen LogP contribution in [0.2, 0.25) is 0 Å². The maximum absolute atomic E-state index is 12.6. The Bertz CT molecular complexity index is 634. The number of carbonyl (C=O) groups is 1. The summed E-state index contributed by atoms with van der Waals surface area (Å²) in [4.78, 5) is 16.8. The molecule has 1 atom stereocenters. The van der Waals surface area contributed by atoms with Crippen LogP contribution >= 0.6 is 0 Å². The fraction of sp³-hybridized carbons (Fsp3) is 0.278. The van der Waals surface area contributed by atoms with Gasteiger partial charge in [0.25, 0.3) is 0 Å². The molecule has 0 unspecified atom stereocenters. The molecule has 0 bridgehead atoms. The summed E-state index contributed by atoms with van der Waals surface area (Å²) >= 11 is 0. The van der Waals surface area contributed by atoms with Crippen molar-refractivity contribution in [3.8, 4) is 0 Å². The van der Waals surface area contributed by atoms with Crippen molar-refractivity contribution in [2.24, 2.45) is 0 Å². The van der Waals surface area contributed by atoms with Crippen molar-refractivity contribution in [3.63, 3.8) is 0 Å². The standard InChI is InChI=1S/C18H20N2O2/c1-19-11-12-20(17(14-19)15-6-3-2-4-7-15)18(21)10-9-16-8-5-13-22-16/h2-10,13,17H,11-12,14H2,1H3/b10-9+/t17-/m1/s1. The molecule has 4 heteroatoms. The monoisotopic (exact) mass is 296 g/mol. The van der Waals surface area contributed by atoms with Crippen LogP contribution in [-0.2, 0) is 4.79 Å². The highest BCUT2D eigenvalue weighted by molar-refractivity contribution is 5.91. The van der Waals surface area contributed by atoms with Gasteiger partial charge in [-0.2, -0.15) is 0 Å². The molecule has 1 aliphatic rings. The van der Waals surface area contributed by atoms with Gasteiger partial charge in [0.2, 0.25) is 5.91 Å². The zero-order chi connectivity index (χ0) is 15.4. The summed E-state index contributed by atoms with van der Waals surface area (Å²) in [6.45, 7) is 2.48. The molecular weight excluding hydrogens is 276 g/mol. The highest BCUT2D eigenvalue weighted by Crippen LogP contribution is 2.25. The summed E-state index contributed by atoms with van der Waals surface area (Å²) in [5, 5.41) is 0. The summed E-state index contributed by atoms with van der Waals surface area (Å²) in [6, 6.07) is 13.9. The van der Waals surface area contributed by atoms with Crippen molar-refractivity contribution in [2.75, 3.05) is 26.7 Å². The van der Waals surface area contributed by atoms with Gasteiger partial charge in [-0.3, -0.25) is 4.79 Å². The minimum absolute atomic E-state index is 0.0263. The number of likely N-dealkylation sites (N-methyl/N-ethyl adjacent to an activating group) is 1. The van der Waals surface area contributed by atoms with E-state index in [4.69, 9.17) is 4.42 Å². The third kappa shape index (κ3) is 3.28. The average Bonchev–Trinajstić information content (AvgIpc) is 3.07. The number of piperazine rings is 1. The number of hydrogen-bond acceptors (Lipinski definition) is 3. The van der Waals surface area contributed by atoms with Gasteiger partial charge in [0.15, 0.2) is 0 Å². The van der Waals surface area contributed by atoms with Crippen molar-refractivity contribution >= 4 is 12.0 Å². The van der Waals surface area contributed by atoms with Gasteiger partial charge in [-0.15, -0.1) is 0 Å². The van der Waals surface area contributed by atoms with Gasteiger partial charge >= 0.3 is 0 Å². The quantitative estimate of drug-likeness (QED) is 0.817. The number of rotatable bonds is 3. The molecule has 0 saturated carbocycles. The second-order valence-corrected chi connectivity index (χ2v) is 5.57. The van der Waals surface area contributed by atoms with Crippen LogP contribution in [0.15, 0.2) is 59.2 Å². The smallest absolute Gasteiger partial charge is 0.247 e. The van der Waals surface area contributed by atoms with Crippen molar-refractivity contribution in [1.29, 1.82) is 0 Å². The third-order valence-corrected chi connectivity index (χ3v) is 3.98. The van der Waals surface area contributed by atoms with Crippen molar-refractivity contribution < 1.29 is 9.21 Å². The largest absolute Gasteiger partial charge is 0.465 e. The van der Waals surface area contributed by atoms with Crippen molar-refractivity contribution in [3.05, 3.63) is 66.1 Å². The summed E-state index contributed by atoms with van der Waals surface area (Å²) in [5.74, 6) is 0.720. The van der Waals surface area contributed by atoms with Gasteiger partial charge in [0.05, 0.1) is 12.3 Å². The lowest BCUT2D eigenvalue weighted by atomic mass is 10.0. The predicted molar refractivity (Wildman–Crippen MR) is 86.1 cm³/mol. The molecule has 0 aliphatic carbocycles. The second kappa shape index (κ2) is 6.62. The van der Waals surface area contributed by atoms with Crippen LogP contribution in [0.5, 0.6) is 0 Å². The lowest BCUT2D eigenvalue weighted by Crippen LogP contribution is -2.48. The van der Waals surface area contributed by atoms with Crippen molar-refractivity contribution in [2.45, 2.75) is 6.04 Å². The second-order valence-electron chi connectivity index (χ2n) is 5.57. The number of carbonyl (C=O) groups excluding carboxylic acids is 1. The molecule has 2 heterocycles. The Morgan fingerprint density at radius 2 is 2.00 bits per heavy atom. The zero-order valence-corrected chi connectivity index (χ0v) is 12.7. The van der Waals surface area contributed by atoms with E-state index >= 15 is 0 Å². The first-order chi connectivity index (χ1) is 10.7. The highest BCUT2D eigenvalue weighted by atomic mass is 16.3. The number of furan rings is 1. The number of amides is 1. The van der Waals surface area contributed by atoms with Gasteiger partial charge in [0.1, 0.15) is 5.76 Å². The molecule has 0 N–H and O–H groups in total. The fourth-order valence-electron chi connectivity index (χ4n) is 2.78. The van der Waals surface area contributed by atoms with Crippen LogP contribution in [0.4, 0.5) is 0 Å². The molecule has 1 aromatic heterocycles. The zero-order valence-electron chi connectivity index (χ0n) is 12.7. The van der Waals surface area contributed by atoms with Gasteiger partial charge in [-0.25, -0.2) is 0 Å². The maximum Gasteiger partial charge on any atom is 0.247 e. The first-order valence-corrected chi connectivity index (χ1v) is 7.50. The molecule has 1 amide bonds. The number of benzene rings is 1. The topological polar surface area (TPSA) is 36.7 Å². The molecule has 1 aliphatic heterocycles. The summed E-state index contributed by atoms with van der Waals surface area (Å²) < 4.78 is 5.23. The van der Waals surface area contributed by atoms with Crippen LogP contribution < -0.4 is 0 Å². The molecule has 2 aromatic rings. The predicted octanol–water partition coefficient (Wildman–Crippen LogP) is 2.81. The van der Waals surface area contributed by atoms with E-state index in [1.807, 2.05) is 35.2 Å². The first kappa shape index (κ1) is 14.6. The lowest BCUT2D eigenvalue weighted by molar-refractivity contribution is -0.130. The number of nitrogens with zero attached hydrogens (tertiary/aromatic N) is 2. The molecule has 0 spiro atoms. The SMILES string of the molecule is CN1CCN(C(=O)/C=C/c2ccco2)[C@@H](c2ccccc2)C1. The van der Waals surface area contributed by atoms with Crippen molar-refractivity contribution in [1.82, 2.24) is 9.80 Å². The molecule has 3 rings (SSSR count). The van der Waals surface area contributed by atoms with E-state index < -0.39 is 0 Å². The minimum Gasteiger partial charge on any atom is -0.465 e. The molecule has 0 radical (unpaired) electrons. The third-order valence-electron chi connectivity index (χ3n) is 3.98. The maximum atomic E-state index is 12.6. The van der Waals surface area contributed by atoms with E-state index in [0.717, 1.165) is 19.6 Å². The van der Waals surface area contributed by atoms with Crippen LogP contribution in [-0.4, -0.2) is 42.4 Å². The van der Waals surface area contributed by atoms with E-state index in [-0.39, 0.29) is 11.9 Å². The molecular formula is C18H20N2O2. The molecule has 1 saturated heterocycles. The summed E-state index contributed by atoms with van der Waals surface area (Å²) in [5.41, 5.74) is 1.17. The first-order valence-electron chi connectivity index (χ1n) is 7.50. The average molecular weight is 296 g/mol. The summed E-state index contributed by atoms with van der Waals surface area (Å²) in [7, 11) is 2.09. The Morgan fingerprint density at radius 1 is 1.18 bits per heavy atom. The van der Waals surface area contributed by atoms with Gasteiger partial charge in [0, 0.05) is 25.7 Å². The van der Waals surface area contributed by atoms with E-state index in [9.17, 15) is 4.79 Å². The molecule has 1 aromatic carbocycles. The highest BCUT2D eigenvalue weighted by Gasteiger charge is 2.28. The number of hydrogen-bond donors (Lipinski definition) is 0. The van der Waals surface area contributed by atoms with Crippen LogP contribution in [0.1, 0.15) is 17.4 Å². The van der Waals surface area contributed by atoms with Gasteiger partial charge in [-0.05, 0) is 30.8 Å². The van der Waals surface area contributed by atoms with Gasteiger partial charge in [-0.1, -0.05) is 30.3 Å². The van der Waals surface area contributed by atoms with E-state index in [0.29, 0.717) is 5.76 Å². The Morgan fingerprint density at radius 3 is 2.73 bits per heavy atom. The molecule has 4 nitrogen and oxygen atoms in total. The Kier molecular flexibility index (Phi) is 4.39. The lowest BCUT2D eigenvalue weighted by Gasteiger charge is -2.39. The van der Waals surface area contributed by atoms with E-state index in [1.165, 1.54) is 5.56 Å². The van der Waals surface area contributed by atoms with E-state index in [1.54, 1.807) is 18.4 Å². The molecule has 22 heavy (non-hydrogen) atoms.